The maximum atomic E-state index is 13.2. The van der Waals surface area contributed by atoms with Gasteiger partial charge in [0.1, 0.15) is 22.8 Å². The van der Waals surface area contributed by atoms with Gasteiger partial charge in [-0.25, -0.2) is 4.39 Å². The Kier molecular flexibility index (Phi) is 5.14. The molecule has 1 amide bonds. The summed E-state index contributed by atoms with van der Waals surface area (Å²) in [4.78, 5) is 12.6. The molecule has 3 aromatic rings. The molecule has 0 fully saturated rings. The van der Waals surface area contributed by atoms with Crippen molar-refractivity contribution < 1.29 is 13.7 Å². The Morgan fingerprint density at radius 3 is 2.80 bits per heavy atom. The van der Waals surface area contributed by atoms with Crippen LogP contribution in [0.15, 0.2) is 53.1 Å². The summed E-state index contributed by atoms with van der Waals surface area (Å²) in [6, 6.07) is 13.4. The van der Waals surface area contributed by atoms with Crippen LogP contribution in [0, 0.1) is 12.7 Å². The molecule has 3 rings (SSSR count). The molecule has 4 nitrogen and oxygen atoms in total. The Morgan fingerprint density at radius 1 is 1.24 bits per heavy atom. The minimum Gasteiger partial charge on any atom is -0.360 e. The van der Waals surface area contributed by atoms with Crippen LogP contribution in [0.3, 0.4) is 0 Å². The fourth-order valence-electron chi connectivity index (χ4n) is 2.58. The number of nitrogens with one attached hydrogen (secondary N) is 1. The number of hydrogen-bond donors (Lipinski definition) is 1. The maximum absolute atomic E-state index is 13.2. The Labute approximate surface area is 149 Å². The molecule has 0 saturated carbocycles. The van der Waals surface area contributed by atoms with Crippen molar-refractivity contribution in [3.05, 3.63) is 76.3 Å². The van der Waals surface area contributed by atoms with E-state index in [1.807, 2.05) is 12.1 Å². The average Bonchev–Trinajstić information content (AvgIpc) is 2.97. The van der Waals surface area contributed by atoms with Crippen LogP contribution < -0.4 is 5.32 Å². The van der Waals surface area contributed by atoms with Crippen LogP contribution in [0.25, 0.3) is 11.3 Å². The van der Waals surface area contributed by atoms with Crippen LogP contribution in [-0.4, -0.2) is 17.6 Å². The lowest BCUT2D eigenvalue weighted by Crippen LogP contribution is -2.26. The van der Waals surface area contributed by atoms with Gasteiger partial charge >= 0.3 is 0 Å². The highest BCUT2D eigenvalue weighted by Crippen LogP contribution is 2.30. The number of hydrogen-bond acceptors (Lipinski definition) is 3. The molecule has 1 aromatic heterocycles. The third kappa shape index (κ3) is 3.88. The second-order valence-corrected chi connectivity index (χ2v) is 5.99. The molecule has 0 aliphatic rings. The molecule has 1 N–H and O–H groups in total. The molecule has 0 aliphatic carbocycles. The number of aromatic nitrogens is 1. The third-order valence-electron chi connectivity index (χ3n) is 3.81. The Hall–Kier alpha value is -2.66. The van der Waals surface area contributed by atoms with Gasteiger partial charge in [0.15, 0.2) is 0 Å². The van der Waals surface area contributed by atoms with E-state index in [1.54, 1.807) is 31.2 Å². The molecule has 0 unspecified atom stereocenters. The van der Waals surface area contributed by atoms with E-state index in [4.69, 9.17) is 16.1 Å². The number of amides is 1. The van der Waals surface area contributed by atoms with Crippen molar-refractivity contribution >= 4 is 17.5 Å². The van der Waals surface area contributed by atoms with Crippen LogP contribution in [0.2, 0.25) is 5.02 Å². The quantitative estimate of drug-likeness (QED) is 0.734. The lowest BCUT2D eigenvalue weighted by molar-refractivity contribution is 0.0953. The molecule has 0 spiro atoms. The van der Waals surface area contributed by atoms with Crippen LogP contribution in [0.5, 0.6) is 0 Å². The number of halogens is 2. The Bertz CT molecular complexity index is 908. The lowest BCUT2D eigenvalue weighted by Gasteiger charge is -2.07. The normalized spacial score (nSPS) is 10.7. The minimum absolute atomic E-state index is 0.292. The van der Waals surface area contributed by atoms with E-state index in [-0.39, 0.29) is 11.7 Å². The standard InChI is InChI=1S/C19H16ClFN2O2/c1-12-17(18(23-25-12)15-7-2-3-8-16(15)20)19(24)22-10-9-13-5-4-6-14(21)11-13/h2-8,11H,9-10H2,1H3,(H,22,24). The van der Waals surface area contributed by atoms with Crippen LogP contribution in [0.4, 0.5) is 4.39 Å². The molecule has 25 heavy (non-hydrogen) atoms. The van der Waals surface area contributed by atoms with E-state index in [9.17, 15) is 9.18 Å². The first-order valence-electron chi connectivity index (χ1n) is 7.80. The van der Waals surface area contributed by atoms with Gasteiger partial charge in [0.25, 0.3) is 5.91 Å². The fourth-order valence-corrected chi connectivity index (χ4v) is 2.80. The largest absolute Gasteiger partial charge is 0.360 e. The monoisotopic (exact) mass is 358 g/mol. The van der Waals surface area contributed by atoms with E-state index >= 15 is 0 Å². The molecule has 0 atom stereocenters. The number of aryl methyl sites for hydroxylation is 1. The van der Waals surface area contributed by atoms with Crippen molar-refractivity contribution in [3.8, 4) is 11.3 Å². The van der Waals surface area contributed by atoms with Gasteiger partial charge < -0.3 is 9.84 Å². The first-order valence-corrected chi connectivity index (χ1v) is 8.18. The number of carbonyl (C=O) groups is 1. The number of nitrogens with zero attached hydrogens (tertiary/aromatic N) is 1. The zero-order valence-electron chi connectivity index (χ0n) is 13.6. The van der Waals surface area contributed by atoms with Crippen LogP contribution in [-0.2, 0) is 6.42 Å². The van der Waals surface area contributed by atoms with E-state index in [0.29, 0.717) is 40.6 Å². The first kappa shape index (κ1) is 17.2. The van der Waals surface area contributed by atoms with Crippen LogP contribution in [0.1, 0.15) is 21.7 Å². The van der Waals surface area contributed by atoms with Gasteiger partial charge in [-0.05, 0) is 37.1 Å². The predicted molar refractivity (Wildman–Crippen MR) is 94.1 cm³/mol. The predicted octanol–water partition coefficient (Wildman–Crippen LogP) is 4.42. The van der Waals surface area contributed by atoms with Crippen molar-refractivity contribution in [2.45, 2.75) is 13.3 Å². The number of rotatable bonds is 5. The summed E-state index contributed by atoms with van der Waals surface area (Å²) in [6.07, 6.45) is 0.523. The van der Waals surface area contributed by atoms with E-state index < -0.39 is 0 Å². The Morgan fingerprint density at radius 2 is 2.04 bits per heavy atom. The van der Waals surface area contributed by atoms with E-state index in [1.165, 1.54) is 12.1 Å². The summed E-state index contributed by atoms with van der Waals surface area (Å²) in [5, 5.41) is 7.29. The van der Waals surface area contributed by atoms with E-state index in [2.05, 4.69) is 10.5 Å². The van der Waals surface area contributed by atoms with Gasteiger partial charge in [-0.3, -0.25) is 4.79 Å². The summed E-state index contributed by atoms with van der Waals surface area (Å²) >= 11 is 6.20. The summed E-state index contributed by atoms with van der Waals surface area (Å²) < 4.78 is 18.4. The van der Waals surface area contributed by atoms with Crippen molar-refractivity contribution in [1.82, 2.24) is 10.5 Å². The maximum Gasteiger partial charge on any atom is 0.257 e. The van der Waals surface area contributed by atoms with Gasteiger partial charge in [-0.15, -0.1) is 0 Å². The molecule has 0 aliphatic heterocycles. The lowest BCUT2D eigenvalue weighted by atomic mass is 10.1. The zero-order valence-corrected chi connectivity index (χ0v) is 14.3. The highest BCUT2D eigenvalue weighted by atomic mass is 35.5. The molecule has 2 aromatic carbocycles. The smallest absolute Gasteiger partial charge is 0.257 e. The number of carbonyl (C=O) groups excluding carboxylic acids is 1. The van der Waals surface area contributed by atoms with Crippen molar-refractivity contribution in [2.24, 2.45) is 0 Å². The minimum atomic E-state index is -0.301. The van der Waals surface area contributed by atoms with Crippen molar-refractivity contribution in [1.29, 1.82) is 0 Å². The van der Waals surface area contributed by atoms with Crippen molar-refractivity contribution in [3.63, 3.8) is 0 Å². The van der Waals surface area contributed by atoms with Gasteiger partial charge in [0.05, 0.1) is 5.02 Å². The Balaban J connectivity index is 1.75. The molecular formula is C19H16ClFN2O2. The highest BCUT2D eigenvalue weighted by Gasteiger charge is 2.22. The SMILES string of the molecule is Cc1onc(-c2ccccc2Cl)c1C(=O)NCCc1cccc(F)c1. The average molecular weight is 359 g/mol. The summed E-state index contributed by atoms with van der Waals surface area (Å²) in [5.41, 5.74) is 2.21. The molecule has 0 radical (unpaired) electrons. The molecule has 6 heteroatoms. The first-order chi connectivity index (χ1) is 12.1. The molecule has 0 saturated heterocycles. The summed E-state index contributed by atoms with van der Waals surface area (Å²) in [7, 11) is 0. The van der Waals surface area contributed by atoms with E-state index in [0.717, 1.165) is 5.56 Å². The van der Waals surface area contributed by atoms with Gasteiger partial charge in [-0.1, -0.05) is 47.1 Å². The molecule has 0 bridgehead atoms. The van der Waals surface area contributed by atoms with Gasteiger partial charge in [0.2, 0.25) is 0 Å². The summed E-state index contributed by atoms with van der Waals surface area (Å²) in [5.74, 6) is -0.178. The topological polar surface area (TPSA) is 55.1 Å². The molecule has 128 valence electrons. The summed E-state index contributed by atoms with van der Waals surface area (Å²) in [6.45, 7) is 2.05. The fraction of sp³-hybridized carbons (Fsp3) is 0.158. The molecular weight excluding hydrogens is 343 g/mol. The van der Waals surface area contributed by atoms with Gasteiger partial charge in [-0.2, -0.15) is 0 Å². The molecule has 1 heterocycles. The van der Waals surface area contributed by atoms with Crippen molar-refractivity contribution in [2.75, 3.05) is 6.54 Å². The third-order valence-corrected chi connectivity index (χ3v) is 4.14. The van der Waals surface area contributed by atoms with Gasteiger partial charge in [0, 0.05) is 12.1 Å². The second kappa shape index (κ2) is 7.49. The second-order valence-electron chi connectivity index (χ2n) is 5.58. The van der Waals surface area contributed by atoms with Crippen LogP contribution >= 0.6 is 11.6 Å². The zero-order chi connectivity index (χ0) is 17.8. The number of benzene rings is 2. The highest BCUT2D eigenvalue weighted by molar-refractivity contribution is 6.33.